The number of likely N-dealkylation sites (N-methyl/N-ethyl adjacent to an activating group) is 1. The van der Waals surface area contributed by atoms with Gasteiger partial charge in [0.2, 0.25) is 0 Å². The standard InChI is InChI=1S/C25H41N3O4/c1-23(2,3)19-8-7-18(20(13-19)31-16-22(26)29)15-28-11-9-25(10-12-28)14-21(27(5)6)24(4,30)17-32-25/h7-8,13,21,30H,9-12,14-17H2,1-6H3,(H2,26,29)/t21-,24-/m0/s1. The number of hydrogen-bond acceptors (Lipinski definition) is 6. The van der Waals surface area contributed by atoms with Crippen molar-refractivity contribution in [3.63, 3.8) is 0 Å². The van der Waals surface area contributed by atoms with Gasteiger partial charge >= 0.3 is 0 Å². The first-order chi connectivity index (χ1) is 14.8. The molecule has 1 spiro atoms. The lowest BCUT2D eigenvalue weighted by molar-refractivity contribution is -0.207. The number of benzene rings is 1. The van der Waals surface area contributed by atoms with E-state index in [1.807, 2.05) is 27.1 Å². The van der Waals surface area contributed by atoms with E-state index in [0.717, 1.165) is 55.8 Å². The van der Waals surface area contributed by atoms with E-state index in [1.165, 1.54) is 0 Å². The fraction of sp³-hybridized carbons (Fsp3) is 0.720. The predicted molar refractivity (Wildman–Crippen MR) is 126 cm³/mol. The minimum absolute atomic E-state index is 0.0105. The topological polar surface area (TPSA) is 88.3 Å². The highest BCUT2D eigenvalue weighted by Gasteiger charge is 2.49. The van der Waals surface area contributed by atoms with Gasteiger partial charge in [0, 0.05) is 31.2 Å². The van der Waals surface area contributed by atoms with E-state index in [9.17, 15) is 9.90 Å². The lowest BCUT2D eigenvalue weighted by Gasteiger charge is -2.52. The van der Waals surface area contributed by atoms with Crippen molar-refractivity contribution in [1.82, 2.24) is 9.80 Å². The number of rotatable bonds is 6. The Hall–Kier alpha value is -1.67. The second kappa shape index (κ2) is 9.29. The summed E-state index contributed by atoms with van der Waals surface area (Å²) in [6.07, 6.45) is 2.71. The van der Waals surface area contributed by atoms with Crippen LogP contribution in [0, 0.1) is 0 Å². The molecule has 1 amide bonds. The highest BCUT2D eigenvalue weighted by atomic mass is 16.5. The van der Waals surface area contributed by atoms with Gasteiger partial charge in [-0.3, -0.25) is 9.69 Å². The number of nitrogens with zero attached hydrogens (tertiary/aromatic N) is 2. The highest BCUT2D eigenvalue weighted by Crippen LogP contribution is 2.40. The Labute approximate surface area is 192 Å². The average molecular weight is 448 g/mol. The number of primary amides is 1. The number of likely N-dealkylation sites (tertiary alicyclic amines) is 1. The third kappa shape index (κ3) is 5.81. The summed E-state index contributed by atoms with van der Waals surface area (Å²) >= 11 is 0. The molecule has 2 heterocycles. The molecule has 3 N–H and O–H groups in total. The number of nitrogens with two attached hydrogens (primary N) is 1. The number of carbonyl (C=O) groups excluding carboxylic acids is 1. The largest absolute Gasteiger partial charge is 0.483 e. The van der Waals surface area contributed by atoms with Crippen LogP contribution in [0.1, 0.15) is 58.1 Å². The number of piperidine rings is 1. The van der Waals surface area contributed by atoms with E-state index in [4.69, 9.17) is 15.2 Å². The first kappa shape index (κ1) is 25.0. The van der Waals surface area contributed by atoms with Gasteiger partial charge in [0.25, 0.3) is 5.91 Å². The normalized spacial score (nSPS) is 26.4. The van der Waals surface area contributed by atoms with E-state index >= 15 is 0 Å². The molecule has 7 nitrogen and oxygen atoms in total. The van der Waals surface area contributed by atoms with Gasteiger partial charge in [-0.2, -0.15) is 0 Å². The molecule has 180 valence electrons. The van der Waals surface area contributed by atoms with E-state index < -0.39 is 11.5 Å². The van der Waals surface area contributed by atoms with Gasteiger partial charge in [0.1, 0.15) is 11.4 Å². The fourth-order valence-electron chi connectivity index (χ4n) is 4.91. The third-order valence-electron chi connectivity index (χ3n) is 7.04. The SMILES string of the molecule is CN(C)[C@H]1CC2(CCN(Cc3ccc(C(C)(C)C)cc3OCC(N)=O)CC2)OC[C@]1(C)O. The molecule has 0 aliphatic carbocycles. The molecule has 2 atom stereocenters. The Bertz CT molecular complexity index is 808. The first-order valence-electron chi connectivity index (χ1n) is 11.6. The summed E-state index contributed by atoms with van der Waals surface area (Å²) in [6, 6.07) is 6.38. The Morgan fingerprint density at radius 3 is 2.53 bits per heavy atom. The summed E-state index contributed by atoms with van der Waals surface area (Å²) in [7, 11) is 4.06. The van der Waals surface area contributed by atoms with Gasteiger partial charge in [0.05, 0.1) is 12.2 Å². The Kier molecular flexibility index (Phi) is 7.25. The van der Waals surface area contributed by atoms with Crippen LogP contribution in [0.4, 0.5) is 0 Å². The zero-order chi connectivity index (χ0) is 23.7. The Balaban J connectivity index is 1.68. The molecular weight excluding hydrogens is 406 g/mol. The maximum absolute atomic E-state index is 11.3. The van der Waals surface area contributed by atoms with E-state index in [0.29, 0.717) is 6.61 Å². The summed E-state index contributed by atoms with van der Waals surface area (Å²) in [6.45, 7) is 11.2. The van der Waals surface area contributed by atoms with E-state index in [1.54, 1.807) is 0 Å². The molecule has 0 radical (unpaired) electrons. The van der Waals surface area contributed by atoms with Crippen LogP contribution in [0.25, 0.3) is 0 Å². The molecule has 2 aliphatic heterocycles. The maximum Gasteiger partial charge on any atom is 0.255 e. The number of hydrogen-bond donors (Lipinski definition) is 2. The molecule has 2 saturated heterocycles. The minimum atomic E-state index is -0.826. The van der Waals surface area contributed by atoms with Crippen LogP contribution in [0.5, 0.6) is 5.75 Å². The van der Waals surface area contributed by atoms with Crippen LogP contribution in [0.3, 0.4) is 0 Å². The molecule has 2 fully saturated rings. The minimum Gasteiger partial charge on any atom is -0.483 e. The highest BCUT2D eigenvalue weighted by molar-refractivity contribution is 5.75. The molecule has 0 aromatic heterocycles. The van der Waals surface area contributed by atoms with Gasteiger partial charge in [-0.1, -0.05) is 32.9 Å². The molecule has 1 aromatic carbocycles. The second-order valence-electron chi connectivity index (χ2n) is 11.1. The molecule has 7 heteroatoms. The molecule has 0 bridgehead atoms. The van der Waals surface area contributed by atoms with Crippen molar-refractivity contribution in [3.8, 4) is 5.75 Å². The van der Waals surface area contributed by atoms with Crippen LogP contribution >= 0.6 is 0 Å². The van der Waals surface area contributed by atoms with Gasteiger partial charge in [-0.15, -0.1) is 0 Å². The zero-order valence-electron chi connectivity index (χ0n) is 20.6. The Morgan fingerprint density at radius 1 is 1.31 bits per heavy atom. The maximum atomic E-state index is 11.3. The molecule has 3 rings (SSSR count). The monoisotopic (exact) mass is 447 g/mol. The molecule has 32 heavy (non-hydrogen) atoms. The summed E-state index contributed by atoms with van der Waals surface area (Å²) in [5, 5.41) is 10.7. The van der Waals surface area contributed by atoms with Crippen LogP contribution in [0.15, 0.2) is 18.2 Å². The van der Waals surface area contributed by atoms with Crippen LogP contribution in [-0.2, 0) is 21.5 Å². The summed E-state index contributed by atoms with van der Waals surface area (Å²) < 4.78 is 12.1. The van der Waals surface area contributed by atoms with Crippen molar-refractivity contribution >= 4 is 5.91 Å². The van der Waals surface area contributed by atoms with E-state index in [2.05, 4.69) is 42.7 Å². The fourth-order valence-corrected chi connectivity index (χ4v) is 4.91. The van der Waals surface area contributed by atoms with Crippen LogP contribution < -0.4 is 10.5 Å². The average Bonchev–Trinajstić information content (AvgIpc) is 2.70. The quantitative estimate of drug-likeness (QED) is 0.696. The lowest BCUT2D eigenvalue weighted by Crippen LogP contribution is -2.62. The number of aliphatic hydroxyl groups is 1. The number of carbonyl (C=O) groups is 1. The molecule has 2 aliphatic rings. The summed E-state index contributed by atoms with van der Waals surface area (Å²) in [5.74, 6) is 0.256. The van der Waals surface area contributed by atoms with Crippen molar-refractivity contribution in [3.05, 3.63) is 29.3 Å². The van der Waals surface area contributed by atoms with Crippen molar-refractivity contribution < 1.29 is 19.4 Å². The van der Waals surface area contributed by atoms with Gasteiger partial charge in [0.15, 0.2) is 6.61 Å². The molecular formula is C25H41N3O4. The molecule has 1 aromatic rings. The van der Waals surface area contributed by atoms with Crippen LogP contribution in [0.2, 0.25) is 0 Å². The predicted octanol–water partition coefficient (Wildman–Crippen LogP) is 2.28. The zero-order valence-corrected chi connectivity index (χ0v) is 20.6. The smallest absolute Gasteiger partial charge is 0.255 e. The van der Waals surface area contributed by atoms with E-state index in [-0.39, 0.29) is 23.7 Å². The third-order valence-corrected chi connectivity index (χ3v) is 7.04. The van der Waals surface area contributed by atoms with Gasteiger partial charge in [-0.05, 0) is 57.3 Å². The van der Waals surface area contributed by atoms with Crippen LogP contribution in [-0.4, -0.2) is 78.5 Å². The van der Waals surface area contributed by atoms with Crippen molar-refractivity contribution in [1.29, 1.82) is 0 Å². The van der Waals surface area contributed by atoms with Gasteiger partial charge < -0.3 is 25.2 Å². The van der Waals surface area contributed by atoms with Crippen molar-refractivity contribution in [2.45, 2.75) is 76.2 Å². The Morgan fingerprint density at radius 2 is 1.97 bits per heavy atom. The second-order valence-corrected chi connectivity index (χ2v) is 11.1. The van der Waals surface area contributed by atoms with Crippen molar-refractivity contribution in [2.24, 2.45) is 5.73 Å². The lowest BCUT2D eigenvalue weighted by atomic mass is 9.77. The van der Waals surface area contributed by atoms with Gasteiger partial charge in [-0.25, -0.2) is 0 Å². The number of amides is 1. The first-order valence-corrected chi connectivity index (χ1v) is 11.6. The summed E-state index contributed by atoms with van der Waals surface area (Å²) in [4.78, 5) is 15.8. The summed E-state index contributed by atoms with van der Waals surface area (Å²) in [5.41, 5.74) is 6.54. The molecule has 0 saturated carbocycles. The van der Waals surface area contributed by atoms with Crippen molar-refractivity contribution in [2.75, 3.05) is 40.4 Å². The molecule has 0 unspecified atom stereocenters. The number of ether oxygens (including phenoxy) is 2.